The summed E-state index contributed by atoms with van der Waals surface area (Å²) in [5.41, 5.74) is 2.94. The van der Waals surface area contributed by atoms with Gasteiger partial charge < -0.3 is 14.4 Å². The highest BCUT2D eigenvalue weighted by Gasteiger charge is 2.44. The molecule has 8 nitrogen and oxygen atoms in total. The summed E-state index contributed by atoms with van der Waals surface area (Å²) in [5.74, 6) is 1.10. The third kappa shape index (κ3) is 5.74. The Hall–Kier alpha value is -3.86. The topological polar surface area (TPSA) is 97.5 Å². The molecule has 42 heavy (non-hydrogen) atoms. The van der Waals surface area contributed by atoms with Gasteiger partial charge in [-0.3, -0.25) is 14.2 Å². The van der Waals surface area contributed by atoms with Gasteiger partial charge in [0.1, 0.15) is 11.6 Å². The smallest absolute Gasteiger partial charge is 0.310 e. The average molecular weight is 571 g/mol. The van der Waals surface area contributed by atoms with Crippen LogP contribution in [0.3, 0.4) is 0 Å². The Morgan fingerprint density at radius 2 is 1.83 bits per heavy atom. The number of imidazole rings is 1. The van der Waals surface area contributed by atoms with E-state index in [9.17, 15) is 14.9 Å². The molecule has 3 aromatic rings. The molecular weight excluding hydrogens is 528 g/mol. The zero-order valence-electron chi connectivity index (χ0n) is 25.5. The van der Waals surface area contributed by atoms with E-state index in [2.05, 4.69) is 19.1 Å². The molecule has 1 saturated carbocycles. The highest BCUT2D eigenvalue weighted by molar-refractivity contribution is 5.97. The molecule has 2 aliphatic rings. The fourth-order valence-electron chi connectivity index (χ4n) is 6.51. The highest BCUT2D eigenvalue weighted by Crippen LogP contribution is 2.42. The summed E-state index contributed by atoms with van der Waals surface area (Å²) in [6, 6.07) is 13.6. The molecule has 1 aromatic heterocycles. The van der Waals surface area contributed by atoms with Gasteiger partial charge in [0.2, 0.25) is 0 Å². The number of nitrogens with zero attached hydrogens (tertiary/aromatic N) is 4. The molecule has 222 valence electrons. The second-order valence-electron chi connectivity index (χ2n) is 12.5. The van der Waals surface area contributed by atoms with Crippen molar-refractivity contribution < 1.29 is 19.1 Å². The van der Waals surface area contributed by atoms with Crippen molar-refractivity contribution in [2.45, 2.75) is 104 Å². The van der Waals surface area contributed by atoms with Crippen LogP contribution in [0.2, 0.25) is 0 Å². The first kappa shape index (κ1) is 29.6. The summed E-state index contributed by atoms with van der Waals surface area (Å²) in [5, 5.41) is 9.59. The maximum atomic E-state index is 14.7. The van der Waals surface area contributed by atoms with Crippen molar-refractivity contribution in [1.82, 2.24) is 14.5 Å². The number of nitriles is 1. The number of amides is 1. The zero-order valence-corrected chi connectivity index (χ0v) is 25.5. The van der Waals surface area contributed by atoms with Gasteiger partial charge in [0, 0.05) is 12.1 Å². The maximum Gasteiger partial charge on any atom is 0.310 e. The zero-order chi connectivity index (χ0) is 30.0. The summed E-state index contributed by atoms with van der Waals surface area (Å²) in [6.45, 7) is 10.2. The number of hydrogen-bond acceptors (Lipinski definition) is 6. The molecule has 0 spiro atoms. The number of esters is 1. The second-order valence-corrected chi connectivity index (χ2v) is 12.5. The fraction of sp³-hybridized carbons (Fsp3) is 0.529. The number of carbonyl (C=O) groups excluding carboxylic acids is 2. The number of aromatic nitrogens is 2. The van der Waals surface area contributed by atoms with Crippen molar-refractivity contribution in [1.29, 1.82) is 5.26 Å². The lowest BCUT2D eigenvalue weighted by atomic mass is 9.85. The number of likely N-dealkylation sites (tertiary alicyclic amines) is 1. The van der Waals surface area contributed by atoms with Crippen molar-refractivity contribution >= 4 is 22.9 Å². The van der Waals surface area contributed by atoms with Crippen LogP contribution < -0.4 is 4.74 Å². The van der Waals surface area contributed by atoms with Crippen molar-refractivity contribution in [2.75, 3.05) is 6.54 Å². The van der Waals surface area contributed by atoms with Gasteiger partial charge in [-0.2, -0.15) is 5.26 Å². The molecule has 0 N–H and O–H groups in total. The van der Waals surface area contributed by atoms with E-state index in [4.69, 9.17) is 14.5 Å². The first-order valence-corrected chi connectivity index (χ1v) is 15.3. The van der Waals surface area contributed by atoms with E-state index >= 15 is 0 Å². The Morgan fingerprint density at radius 3 is 2.52 bits per heavy atom. The molecule has 5 rings (SSSR count). The van der Waals surface area contributed by atoms with Crippen molar-refractivity contribution in [3.8, 4) is 11.8 Å². The molecule has 2 heterocycles. The predicted octanol–water partition coefficient (Wildman–Crippen LogP) is 7.05. The fourth-order valence-corrected chi connectivity index (χ4v) is 6.51. The molecule has 0 unspecified atom stereocenters. The summed E-state index contributed by atoms with van der Waals surface area (Å²) in [7, 11) is 0. The van der Waals surface area contributed by atoms with Crippen LogP contribution in [0.5, 0.6) is 5.75 Å². The molecule has 1 atom stereocenters. The van der Waals surface area contributed by atoms with Crippen LogP contribution in [-0.4, -0.2) is 39.0 Å². The Morgan fingerprint density at radius 1 is 1.07 bits per heavy atom. The molecule has 0 bridgehead atoms. The van der Waals surface area contributed by atoms with E-state index in [1.165, 1.54) is 12.8 Å². The number of rotatable bonds is 8. The summed E-state index contributed by atoms with van der Waals surface area (Å²) in [4.78, 5) is 34.2. The van der Waals surface area contributed by atoms with Crippen LogP contribution in [0.4, 0.5) is 0 Å². The van der Waals surface area contributed by atoms with Gasteiger partial charge in [0.05, 0.1) is 40.2 Å². The van der Waals surface area contributed by atoms with Gasteiger partial charge >= 0.3 is 5.97 Å². The van der Waals surface area contributed by atoms with Crippen LogP contribution >= 0.6 is 0 Å². The van der Waals surface area contributed by atoms with Crippen molar-refractivity contribution in [3.63, 3.8) is 0 Å². The molecule has 2 aromatic carbocycles. The monoisotopic (exact) mass is 570 g/mol. The van der Waals surface area contributed by atoms with Crippen LogP contribution in [0.1, 0.15) is 113 Å². The predicted molar refractivity (Wildman–Crippen MR) is 161 cm³/mol. The van der Waals surface area contributed by atoms with Gasteiger partial charge in [-0.15, -0.1) is 0 Å². The lowest BCUT2D eigenvalue weighted by Crippen LogP contribution is -2.52. The molecule has 0 radical (unpaired) electrons. The number of carbonyl (C=O) groups is 2. The van der Waals surface area contributed by atoms with Crippen LogP contribution in [-0.2, 0) is 21.8 Å². The number of hydrogen-bond donors (Lipinski definition) is 0. The van der Waals surface area contributed by atoms with Gasteiger partial charge in [0.15, 0.2) is 6.73 Å². The molecule has 1 aliphatic carbocycles. The Labute approximate surface area is 248 Å². The van der Waals surface area contributed by atoms with Gasteiger partial charge in [-0.25, -0.2) is 4.98 Å². The van der Waals surface area contributed by atoms with E-state index in [-0.39, 0.29) is 30.6 Å². The molecule has 1 amide bonds. The highest BCUT2D eigenvalue weighted by atomic mass is 16.5. The lowest BCUT2D eigenvalue weighted by Gasteiger charge is -2.45. The number of fused-ring (bicyclic) bond motifs is 1. The number of piperidine rings is 1. The summed E-state index contributed by atoms with van der Waals surface area (Å²) in [6.07, 6.45) is 7.06. The third-order valence-corrected chi connectivity index (χ3v) is 8.72. The average Bonchev–Trinajstić information content (AvgIpc) is 3.64. The van der Waals surface area contributed by atoms with E-state index < -0.39 is 5.54 Å². The third-order valence-electron chi connectivity index (χ3n) is 8.72. The van der Waals surface area contributed by atoms with Gasteiger partial charge in [0.25, 0.3) is 5.91 Å². The van der Waals surface area contributed by atoms with E-state index in [0.29, 0.717) is 52.6 Å². The van der Waals surface area contributed by atoms with Crippen molar-refractivity contribution in [2.24, 2.45) is 5.92 Å². The largest absolute Gasteiger partial charge is 0.491 e. The minimum absolute atomic E-state index is 0.00251. The first-order valence-electron chi connectivity index (χ1n) is 15.3. The molecular formula is C34H42N4O4. The van der Waals surface area contributed by atoms with Gasteiger partial charge in [-0.05, 0) is 94.7 Å². The Bertz CT molecular complexity index is 1510. The quantitative estimate of drug-likeness (QED) is 0.269. The second kappa shape index (κ2) is 12.2. The SMILES string of the molecule is CC(C)Oc1ccc(C2CCCC2)c(C(=O)N2CCCC[C@@]2(C)c2nc3ccc(C#N)cc3n2COC(=O)C(C)C)c1. The van der Waals surface area contributed by atoms with Crippen molar-refractivity contribution in [3.05, 3.63) is 58.9 Å². The normalized spacial score (nSPS) is 19.4. The minimum Gasteiger partial charge on any atom is -0.491 e. The van der Waals surface area contributed by atoms with E-state index in [1.807, 2.05) is 41.5 Å². The van der Waals surface area contributed by atoms with Crippen LogP contribution in [0, 0.1) is 17.2 Å². The van der Waals surface area contributed by atoms with Gasteiger partial charge in [-0.1, -0.05) is 32.8 Å². The van der Waals surface area contributed by atoms with Crippen LogP contribution in [0.25, 0.3) is 11.0 Å². The Kier molecular flexibility index (Phi) is 8.58. The molecule has 2 fully saturated rings. The summed E-state index contributed by atoms with van der Waals surface area (Å²) >= 11 is 0. The number of benzene rings is 2. The molecule has 8 heteroatoms. The maximum absolute atomic E-state index is 14.7. The lowest BCUT2D eigenvalue weighted by molar-refractivity contribution is -0.151. The summed E-state index contributed by atoms with van der Waals surface area (Å²) < 4.78 is 13.6. The molecule has 1 aliphatic heterocycles. The number of ether oxygens (including phenoxy) is 2. The van der Waals surface area contributed by atoms with E-state index in [0.717, 1.165) is 31.2 Å². The molecule has 1 saturated heterocycles. The van der Waals surface area contributed by atoms with E-state index in [1.54, 1.807) is 26.0 Å². The van der Waals surface area contributed by atoms with Crippen LogP contribution in [0.15, 0.2) is 36.4 Å². The minimum atomic E-state index is -0.757. The first-order chi connectivity index (χ1) is 20.1. The Balaban J connectivity index is 1.61. The standard InChI is InChI=1S/C34H42N4O4/c1-22(2)32(40)41-21-37-30-18-24(20-35)12-15-29(30)36-33(37)34(5)16-8-9-17-38(34)31(39)28-19-26(42-23(3)4)13-14-27(28)25-10-6-7-11-25/h12-15,18-19,22-23,25H,6-11,16-17,21H2,1-5H3/t34-/m0/s1.